The first-order valence-corrected chi connectivity index (χ1v) is 6.24. The van der Waals surface area contributed by atoms with Gasteiger partial charge >= 0.3 is 0 Å². The number of nitrogens with one attached hydrogen (secondary N) is 1. The van der Waals surface area contributed by atoms with Gasteiger partial charge in [0.2, 0.25) is 10.0 Å². The van der Waals surface area contributed by atoms with Crippen molar-refractivity contribution in [3.63, 3.8) is 0 Å². The second-order valence-electron chi connectivity index (χ2n) is 3.56. The van der Waals surface area contributed by atoms with E-state index in [-0.39, 0.29) is 11.9 Å². The second kappa shape index (κ2) is 3.79. The lowest BCUT2D eigenvalue weighted by atomic mass is 10.3. The third-order valence-corrected chi connectivity index (χ3v) is 4.06. The molecule has 0 radical (unpaired) electrons. The van der Waals surface area contributed by atoms with Gasteiger partial charge in [0.1, 0.15) is 5.82 Å². The van der Waals surface area contributed by atoms with Crippen molar-refractivity contribution in [2.75, 3.05) is 4.72 Å². The number of hydrogen-bond acceptors (Lipinski definition) is 4. The Morgan fingerprint density at radius 2 is 2.20 bits per heavy atom. The fourth-order valence-electron chi connectivity index (χ4n) is 1.19. The number of aliphatic hydroxyl groups is 1. The van der Waals surface area contributed by atoms with Crippen molar-refractivity contribution in [3.05, 3.63) is 23.9 Å². The first-order chi connectivity index (χ1) is 7.12. The van der Waals surface area contributed by atoms with Crippen LogP contribution in [-0.2, 0) is 16.6 Å². The molecule has 0 aliphatic heterocycles. The molecular weight excluding hydrogens is 216 g/mol. The minimum atomic E-state index is -3.23. The molecule has 1 aromatic rings. The molecule has 1 heterocycles. The van der Waals surface area contributed by atoms with Crippen LogP contribution in [0.1, 0.15) is 18.4 Å². The summed E-state index contributed by atoms with van der Waals surface area (Å²) in [5.41, 5.74) is 0.657. The highest BCUT2D eigenvalue weighted by Crippen LogP contribution is 2.29. The zero-order valence-electron chi connectivity index (χ0n) is 8.05. The Morgan fingerprint density at radius 1 is 1.47 bits per heavy atom. The van der Waals surface area contributed by atoms with Crippen LogP contribution in [0.15, 0.2) is 18.3 Å². The van der Waals surface area contributed by atoms with Crippen LogP contribution in [0.3, 0.4) is 0 Å². The molecule has 82 valence electrons. The Hall–Kier alpha value is -1.14. The van der Waals surface area contributed by atoms with Gasteiger partial charge in [0.15, 0.2) is 0 Å². The molecule has 0 bridgehead atoms. The Morgan fingerprint density at radius 3 is 2.67 bits per heavy atom. The lowest BCUT2D eigenvalue weighted by Gasteiger charge is -2.05. The fraction of sp³-hybridized carbons (Fsp3) is 0.444. The molecule has 0 amide bonds. The van der Waals surface area contributed by atoms with Gasteiger partial charge in [-0.05, 0) is 24.5 Å². The van der Waals surface area contributed by atoms with Gasteiger partial charge in [-0.1, -0.05) is 6.07 Å². The SMILES string of the molecule is O=S(=O)(Nc1ccc(CO)cn1)C1CC1. The third kappa shape index (κ3) is 2.45. The second-order valence-corrected chi connectivity index (χ2v) is 5.52. The molecule has 1 aromatic heterocycles. The summed E-state index contributed by atoms with van der Waals surface area (Å²) >= 11 is 0. The number of pyridine rings is 1. The molecule has 2 rings (SSSR count). The summed E-state index contributed by atoms with van der Waals surface area (Å²) in [6.45, 7) is -0.0946. The van der Waals surface area contributed by atoms with Crippen molar-refractivity contribution >= 4 is 15.8 Å². The van der Waals surface area contributed by atoms with Crippen LogP contribution in [0, 0.1) is 0 Å². The van der Waals surface area contributed by atoms with Crippen molar-refractivity contribution in [2.24, 2.45) is 0 Å². The number of rotatable bonds is 4. The van der Waals surface area contributed by atoms with Gasteiger partial charge < -0.3 is 5.11 Å². The molecule has 0 atom stereocenters. The van der Waals surface area contributed by atoms with E-state index in [2.05, 4.69) is 9.71 Å². The van der Waals surface area contributed by atoms with E-state index in [1.807, 2.05) is 0 Å². The number of nitrogens with zero attached hydrogens (tertiary/aromatic N) is 1. The van der Waals surface area contributed by atoms with E-state index in [0.29, 0.717) is 11.4 Å². The zero-order chi connectivity index (χ0) is 10.9. The number of sulfonamides is 1. The summed E-state index contributed by atoms with van der Waals surface area (Å²) in [6.07, 6.45) is 2.90. The van der Waals surface area contributed by atoms with Crippen molar-refractivity contribution in [1.29, 1.82) is 0 Å². The molecule has 15 heavy (non-hydrogen) atoms. The van der Waals surface area contributed by atoms with Gasteiger partial charge in [-0.15, -0.1) is 0 Å². The van der Waals surface area contributed by atoms with E-state index in [1.54, 1.807) is 12.1 Å². The van der Waals surface area contributed by atoms with Crippen LogP contribution in [-0.4, -0.2) is 23.8 Å². The summed E-state index contributed by atoms with van der Waals surface area (Å²) in [5.74, 6) is 0.305. The Bertz CT molecular complexity index is 437. The van der Waals surface area contributed by atoms with E-state index in [9.17, 15) is 8.42 Å². The summed E-state index contributed by atoms with van der Waals surface area (Å²) in [6, 6.07) is 3.18. The molecule has 1 fully saturated rings. The smallest absolute Gasteiger partial charge is 0.236 e. The Balaban J connectivity index is 2.10. The van der Waals surface area contributed by atoms with Crippen LogP contribution in [0.5, 0.6) is 0 Å². The van der Waals surface area contributed by atoms with E-state index < -0.39 is 10.0 Å². The maximum atomic E-state index is 11.5. The third-order valence-electron chi connectivity index (χ3n) is 2.22. The molecule has 0 aromatic carbocycles. The maximum Gasteiger partial charge on any atom is 0.236 e. The molecule has 1 saturated carbocycles. The van der Waals surface area contributed by atoms with Crippen LogP contribution in [0.4, 0.5) is 5.82 Å². The van der Waals surface area contributed by atoms with Gasteiger partial charge in [0.25, 0.3) is 0 Å². The van der Waals surface area contributed by atoms with Crippen molar-refractivity contribution in [2.45, 2.75) is 24.7 Å². The topological polar surface area (TPSA) is 79.3 Å². The molecule has 0 spiro atoms. The molecule has 1 aliphatic carbocycles. The van der Waals surface area contributed by atoms with Crippen LogP contribution >= 0.6 is 0 Å². The predicted molar refractivity (Wildman–Crippen MR) is 55.7 cm³/mol. The normalized spacial score (nSPS) is 16.3. The molecule has 5 nitrogen and oxygen atoms in total. The van der Waals surface area contributed by atoms with Crippen LogP contribution < -0.4 is 4.72 Å². The average molecular weight is 228 g/mol. The minimum Gasteiger partial charge on any atom is -0.392 e. The Kier molecular flexibility index (Phi) is 2.62. The van der Waals surface area contributed by atoms with E-state index in [0.717, 1.165) is 12.8 Å². The monoisotopic (exact) mass is 228 g/mol. The first kappa shape index (κ1) is 10.4. The van der Waals surface area contributed by atoms with Crippen molar-refractivity contribution < 1.29 is 13.5 Å². The van der Waals surface area contributed by atoms with E-state index in [1.165, 1.54) is 6.20 Å². The molecule has 6 heteroatoms. The highest BCUT2D eigenvalue weighted by atomic mass is 32.2. The zero-order valence-corrected chi connectivity index (χ0v) is 8.87. The lowest BCUT2D eigenvalue weighted by molar-refractivity contribution is 0.281. The summed E-state index contributed by atoms with van der Waals surface area (Å²) < 4.78 is 25.4. The first-order valence-electron chi connectivity index (χ1n) is 4.69. The molecule has 0 saturated heterocycles. The van der Waals surface area contributed by atoms with Gasteiger partial charge in [-0.25, -0.2) is 13.4 Å². The minimum absolute atomic E-state index is 0.0946. The number of anilines is 1. The number of aromatic nitrogens is 1. The summed E-state index contributed by atoms with van der Waals surface area (Å²) in [5, 5.41) is 8.53. The fourth-order valence-corrected chi connectivity index (χ4v) is 2.52. The average Bonchev–Trinajstić information content (AvgIpc) is 3.01. The number of hydrogen-bond donors (Lipinski definition) is 2. The van der Waals surface area contributed by atoms with E-state index in [4.69, 9.17) is 5.11 Å². The quantitative estimate of drug-likeness (QED) is 0.785. The molecular formula is C9H12N2O3S. The van der Waals surface area contributed by atoms with Crippen LogP contribution in [0.2, 0.25) is 0 Å². The molecule has 1 aliphatic rings. The Labute approximate surface area is 88.2 Å². The van der Waals surface area contributed by atoms with Crippen molar-refractivity contribution in [3.8, 4) is 0 Å². The van der Waals surface area contributed by atoms with Crippen LogP contribution in [0.25, 0.3) is 0 Å². The highest BCUT2D eigenvalue weighted by molar-refractivity contribution is 7.93. The van der Waals surface area contributed by atoms with Gasteiger partial charge in [0, 0.05) is 6.20 Å². The van der Waals surface area contributed by atoms with E-state index >= 15 is 0 Å². The van der Waals surface area contributed by atoms with Gasteiger partial charge in [-0.3, -0.25) is 4.72 Å². The summed E-state index contributed by atoms with van der Waals surface area (Å²) in [4.78, 5) is 3.89. The number of aliphatic hydroxyl groups excluding tert-OH is 1. The lowest BCUT2D eigenvalue weighted by Crippen LogP contribution is -2.18. The van der Waals surface area contributed by atoms with Gasteiger partial charge in [0.05, 0.1) is 11.9 Å². The standard InChI is InChI=1S/C9H12N2O3S/c12-6-7-1-4-9(10-5-7)11-15(13,14)8-2-3-8/h1,4-5,8,12H,2-3,6H2,(H,10,11). The van der Waals surface area contributed by atoms with Gasteiger partial charge in [-0.2, -0.15) is 0 Å². The predicted octanol–water partition coefficient (Wildman–Crippen LogP) is 0.478. The summed E-state index contributed by atoms with van der Waals surface area (Å²) in [7, 11) is -3.23. The molecule has 0 unspecified atom stereocenters. The molecule has 2 N–H and O–H groups in total. The highest BCUT2D eigenvalue weighted by Gasteiger charge is 2.35. The van der Waals surface area contributed by atoms with Crippen molar-refractivity contribution in [1.82, 2.24) is 4.98 Å². The maximum absolute atomic E-state index is 11.5. The largest absolute Gasteiger partial charge is 0.392 e.